The highest BCUT2D eigenvalue weighted by Crippen LogP contribution is 2.47. The van der Waals surface area contributed by atoms with Crippen LogP contribution in [-0.4, -0.2) is 107 Å². The number of piperazine rings is 1. The van der Waals surface area contributed by atoms with Crippen molar-refractivity contribution in [2.75, 3.05) is 98.3 Å². The molecule has 0 radical (unpaired) electrons. The Morgan fingerprint density at radius 3 is 2.15 bits per heavy atom. The van der Waals surface area contributed by atoms with Gasteiger partial charge in [0, 0.05) is 121 Å². The number of anilines is 4. The van der Waals surface area contributed by atoms with Crippen LogP contribution in [0.3, 0.4) is 0 Å². The lowest BCUT2D eigenvalue weighted by Crippen LogP contribution is -2.46. The first-order valence-electron chi connectivity index (χ1n) is 23.6. The number of halogens is 2. The van der Waals surface area contributed by atoms with Gasteiger partial charge in [0.1, 0.15) is 11.5 Å². The number of hydrogen-bond acceptors (Lipinski definition) is 12. The number of nitro groups is 1. The van der Waals surface area contributed by atoms with Crippen molar-refractivity contribution in [1.29, 1.82) is 0 Å². The number of aromatic nitrogens is 1. The van der Waals surface area contributed by atoms with E-state index in [9.17, 15) is 23.1 Å². The second-order valence-electron chi connectivity index (χ2n) is 18.1. The van der Waals surface area contributed by atoms with Gasteiger partial charge >= 0.3 is 7.52 Å². The van der Waals surface area contributed by atoms with Crippen LogP contribution in [0.15, 0.2) is 125 Å². The molecule has 0 spiro atoms. The molecule has 71 heavy (non-hydrogen) atoms. The zero-order chi connectivity index (χ0) is 50.5. The number of nitrogens with one attached hydrogen (secondary N) is 2. The maximum absolute atomic E-state index is 15.8. The van der Waals surface area contributed by atoms with E-state index in [1.807, 2.05) is 79.1 Å². The molecule has 3 heterocycles. The fourth-order valence-electron chi connectivity index (χ4n) is 9.47. The molecule has 6 aromatic rings. The van der Waals surface area contributed by atoms with Crippen molar-refractivity contribution in [3.8, 4) is 22.4 Å². The Balaban J connectivity index is 0.961. The van der Waals surface area contributed by atoms with Crippen molar-refractivity contribution in [2.24, 2.45) is 0 Å². The summed E-state index contributed by atoms with van der Waals surface area (Å²) < 4.78 is 70.4. The number of morpholine rings is 1. The smallest absolute Gasteiger partial charge is 0.323 e. The Morgan fingerprint density at radius 2 is 1.54 bits per heavy atom. The van der Waals surface area contributed by atoms with Gasteiger partial charge in [-0.2, -0.15) is 0 Å². The van der Waals surface area contributed by atoms with Gasteiger partial charge in [-0.25, -0.2) is 12.8 Å². The number of benzene rings is 5. The van der Waals surface area contributed by atoms with E-state index in [0.717, 1.165) is 42.2 Å². The average molecular weight is 1040 g/mol. The molecule has 0 saturated carbocycles. The van der Waals surface area contributed by atoms with Gasteiger partial charge in [0.15, 0.2) is 9.84 Å². The summed E-state index contributed by atoms with van der Waals surface area (Å²) >= 11 is 7.95. The van der Waals surface area contributed by atoms with E-state index in [4.69, 9.17) is 20.9 Å². The first-order valence-corrected chi connectivity index (χ1v) is 28.5. The molecule has 0 aliphatic carbocycles. The molecule has 1 aromatic heterocycles. The molecule has 376 valence electrons. The molecule has 2 fully saturated rings. The Bertz CT molecular complexity index is 2990. The third kappa shape index (κ3) is 12.3. The quantitative estimate of drug-likeness (QED) is 0.0343. The summed E-state index contributed by atoms with van der Waals surface area (Å²) in [6, 6.07) is 33.8. The second-order valence-corrected chi connectivity index (χ2v) is 23.8. The molecule has 8 rings (SSSR count). The van der Waals surface area contributed by atoms with Gasteiger partial charge in [-0.1, -0.05) is 41.9 Å². The van der Waals surface area contributed by atoms with Crippen LogP contribution in [0.5, 0.6) is 0 Å². The van der Waals surface area contributed by atoms with Crippen LogP contribution in [-0.2, 0) is 23.7 Å². The number of ether oxygens (including phenoxy) is 1. The molecule has 2 unspecified atom stereocenters. The van der Waals surface area contributed by atoms with Crippen LogP contribution < -0.4 is 25.5 Å². The van der Waals surface area contributed by atoms with E-state index in [2.05, 4.69) is 25.1 Å². The largest absolute Gasteiger partial charge is 0.379 e. The van der Waals surface area contributed by atoms with Crippen molar-refractivity contribution in [3.05, 3.63) is 142 Å². The molecule has 2 aliphatic heterocycles. The SMILES string of the molecule is COP(=O)(Nc1ccc(N2CCN(c3cc(F)cc(-c4c(S(C)(=O)=O)c(C)n(C(C)C)c4-c4ccc(Cl)cc4)c3)CC2)cc1)c1ccc(NC(CCN2CCOCC2)CSc2ccccc2)c([N+](=O)[O-])c1. The lowest BCUT2D eigenvalue weighted by Gasteiger charge is -2.37. The van der Waals surface area contributed by atoms with E-state index < -0.39 is 28.1 Å². The number of hydrogen-bond donors (Lipinski definition) is 2. The fourth-order valence-corrected chi connectivity index (χ4v) is 13.3. The molecule has 2 N–H and O–H groups in total. The third-order valence-corrected chi connectivity index (χ3v) is 17.6. The van der Waals surface area contributed by atoms with Crippen LogP contribution in [0.4, 0.5) is 32.8 Å². The Hall–Kier alpha value is -5.39. The molecular formula is C52H60ClFN7O7PS2. The summed E-state index contributed by atoms with van der Waals surface area (Å²) in [6.07, 6.45) is 1.95. The molecule has 5 aromatic carbocycles. The highest BCUT2D eigenvalue weighted by atomic mass is 35.5. The molecule has 2 saturated heterocycles. The first-order chi connectivity index (χ1) is 34.0. The van der Waals surface area contributed by atoms with Crippen molar-refractivity contribution < 1.29 is 31.6 Å². The molecule has 14 nitrogen and oxygen atoms in total. The van der Waals surface area contributed by atoms with Crippen LogP contribution in [0, 0.1) is 22.9 Å². The number of nitro benzene ring substituents is 1. The van der Waals surface area contributed by atoms with Crippen molar-refractivity contribution >= 4 is 74.5 Å². The number of thioether (sulfide) groups is 1. The number of sulfone groups is 1. The van der Waals surface area contributed by atoms with E-state index in [0.29, 0.717) is 89.7 Å². The summed E-state index contributed by atoms with van der Waals surface area (Å²) in [7, 11) is -6.28. The zero-order valence-electron chi connectivity index (χ0n) is 40.5. The molecule has 2 aliphatic rings. The van der Waals surface area contributed by atoms with Gasteiger partial charge in [0.2, 0.25) is 0 Å². The minimum Gasteiger partial charge on any atom is -0.379 e. The predicted molar refractivity (Wildman–Crippen MR) is 287 cm³/mol. The van der Waals surface area contributed by atoms with Crippen molar-refractivity contribution in [1.82, 2.24) is 9.47 Å². The summed E-state index contributed by atoms with van der Waals surface area (Å²) in [5.74, 6) is 0.203. The minimum absolute atomic E-state index is 0.0967. The first kappa shape index (κ1) is 51.9. The molecule has 0 amide bonds. The van der Waals surface area contributed by atoms with Crippen molar-refractivity contribution in [2.45, 2.75) is 49.1 Å². The average Bonchev–Trinajstić information content (AvgIpc) is 3.69. The van der Waals surface area contributed by atoms with Crippen molar-refractivity contribution in [3.63, 3.8) is 0 Å². The van der Waals surface area contributed by atoms with E-state index in [-0.39, 0.29) is 28.0 Å². The predicted octanol–water partition coefficient (Wildman–Crippen LogP) is 11.0. The van der Waals surface area contributed by atoms with Crippen LogP contribution >= 0.6 is 30.9 Å². The van der Waals surface area contributed by atoms with Crippen LogP contribution in [0.25, 0.3) is 22.4 Å². The maximum atomic E-state index is 15.8. The third-order valence-electron chi connectivity index (χ3n) is 13.0. The van der Waals surface area contributed by atoms with E-state index >= 15 is 4.39 Å². The zero-order valence-corrected chi connectivity index (χ0v) is 43.8. The van der Waals surface area contributed by atoms with Crippen LogP contribution in [0.2, 0.25) is 5.02 Å². The highest BCUT2D eigenvalue weighted by molar-refractivity contribution is 7.99. The molecule has 0 bridgehead atoms. The van der Waals surface area contributed by atoms with E-state index in [1.165, 1.54) is 31.6 Å². The molecule has 19 heteroatoms. The minimum atomic E-state index is -3.84. The summed E-state index contributed by atoms with van der Waals surface area (Å²) in [5, 5.41) is 19.8. The fraction of sp³-hybridized carbons (Fsp3) is 0.346. The van der Waals surface area contributed by atoms with Gasteiger partial charge in [0.05, 0.1) is 34.0 Å². The van der Waals surface area contributed by atoms with Gasteiger partial charge in [-0.3, -0.25) is 19.6 Å². The van der Waals surface area contributed by atoms with Gasteiger partial charge in [0.25, 0.3) is 5.69 Å². The Labute approximate surface area is 425 Å². The molecular weight excluding hydrogens is 984 g/mol. The lowest BCUT2D eigenvalue weighted by molar-refractivity contribution is -0.383. The van der Waals surface area contributed by atoms with Crippen LogP contribution in [0.1, 0.15) is 32.0 Å². The molecule has 2 atom stereocenters. The second kappa shape index (κ2) is 22.6. The van der Waals surface area contributed by atoms with Gasteiger partial charge < -0.3 is 34.0 Å². The topological polar surface area (TPSA) is 152 Å². The standard InChI is InChI=1S/C52H60ClFN7O7PS2/c1-36(2)60-37(3)52(71(5,65)66)50(51(60)38-11-13-40(53)14-12-38)39-31-41(54)33-45(32-39)59-25-23-58(24-26-59)44-17-15-42(16-18-44)56-69(64,67-4)46-19-20-48(49(34-46)61(62)63)55-43(21-22-57-27-29-68-30-28-57)35-70-47-9-7-6-8-10-47/h6-20,31-34,36,43,55H,21-30,35H2,1-5H3,(H,56,64). The summed E-state index contributed by atoms with van der Waals surface area (Å²) in [5.41, 5.74) is 5.13. The lowest BCUT2D eigenvalue weighted by atomic mass is 9.99. The highest BCUT2D eigenvalue weighted by Gasteiger charge is 2.32. The summed E-state index contributed by atoms with van der Waals surface area (Å²) in [4.78, 5) is 20.0. The maximum Gasteiger partial charge on any atom is 0.323 e. The summed E-state index contributed by atoms with van der Waals surface area (Å²) in [6.45, 7) is 12.0. The monoisotopic (exact) mass is 1040 g/mol. The Kier molecular flexibility index (Phi) is 16.5. The van der Waals surface area contributed by atoms with Gasteiger partial charge in [-0.05, 0) is 117 Å². The normalized spacial score (nSPS) is 15.9. The Morgan fingerprint density at radius 1 is 0.873 bits per heavy atom. The van der Waals surface area contributed by atoms with Gasteiger partial charge in [-0.15, -0.1) is 11.8 Å². The number of rotatable bonds is 19. The van der Waals surface area contributed by atoms with E-state index in [1.54, 1.807) is 55.1 Å². The number of nitrogens with zero attached hydrogens (tertiary/aromatic N) is 5.